The van der Waals surface area contributed by atoms with Crippen molar-refractivity contribution >= 4 is 32.8 Å². The fourth-order valence-electron chi connectivity index (χ4n) is 3.60. The number of hydrogen-bond donors (Lipinski definition) is 4. The number of imidazole rings is 1. The zero-order chi connectivity index (χ0) is 23.3. The third kappa shape index (κ3) is 6.16. The number of rotatable bonds is 10. The first kappa shape index (κ1) is 23.4. The zero-order valence-electron chi connectivity index (χ0n) is 18.4. The molecule has 1 aliphatic rings. The van der Waals surface area contributed by atoms with Crippen molar-refractivity contribution in [2.45, 2.75) is 56.1 Å². The lowest BCUT2D eigenvalue weighted by atomic mass is 9.98. The number of nitrogens with one attached hydrogen (secondary N) is 4. The Morgan fingerprint density at radius 2 is 2.00 bits per heavy atom. The van der Waals surface area contributed by atoms with Gasteiger partial charge in [-0.15, -0.1) is 0 Å². The van der Waals surface area contributed by atoms with Crippen LogP contribution in [0.5, 0.6) is 5.88 Å². The Morgan fingerprint density at radius 1 is 1.24 bits per heavy atom. The van der Waals surface area contributed by atoms with E-state index in [0.717, 1.165) is 12.8 Å². The highest BCUT2D eigenvalue weighted by Crippen LogP contribution is 2.22. The smallest absolute Gasteiger partial charge is 0.399 e. The number of anilines is 2. The third-order valence-corrected chi connectivity index (χ3v) is 6.79. The van der Waals surface area contributed by atoms with Gasteiger partial charge >= 0.3 is 5.95 Å². The molecule has 2 heterocycles. The number of aromatic nitrogens is 4. The van der Waals surface area contributed by atoms with Gasteiger partial charge in [0.2, 0.25) is 10.0 Å². The number of ether oxygens (including phenoxy) is 2. The maximum atomic E-state index is 12.3. The van der Waals surface area contributed by atoms with Gasteiger partial charge in [0.05, 0.1) is 29.1 Å². The average molecular weight is 478 g/mol. The molecular weight excluding hydrogens is 448 g/mol. The van der Waals surface area contributed by atoms with Crippen LogP contribution < -0.4 is 19.8 Å². The normalized spacial score (nSPS) is 16.1. The molecule has 178 valence electrons. The molecule has 2 aromatic heterocycles. The van der Waals surface area contributed by atoms with Crippen molar-refractivity contribution in [2.75, 3.05) is 18.7 Å². The van der Waals surface area contributed by atoms with E-state index in [1.165, 1.54) is 44.6 Å². The summed E-state index contributed by atoms with van der Waals surface area (Å²) in [5, 5.41) is 12.4. The first-order chi connectivity index (χ1) is 15.9. The molecule has 0 aliphatic heterocycles. The topological polar surface area (TPSA) is 153 Å². The largest absolute Gasteiger partial charge is 0.439 e. The van der Waals surface area contributed by atoms with Gasteiger partial charge in [-0.25, -0.2) is 28.4 Å². The number of H-pyrrole nitrogens is 2. The van der Waals surface area contributed by atoms with Gasteiger partial charge in [0.15, 0.2) is 12.3 Å². The lowest BCUT2D eigenvalue weighted by Gasteiger charge is -2.21. The molecule has 12 heteroatoms. The summed E-state index contributed by atoms with van der Waals surface area (Å²) in [5.74, 6) is 0.822. The molecule has 1 saturated carbocycles. The monoisotopic (exact) mass is 477 g/mol. The van der Waals surface area contributed by atoms with Crippen molar-refractivity contribution in [2.24, 2.45) is 0 Å². The van der Waals surface area contributed by atoms with Crippen LogP contribution >= 0.6 is 0 Å². The van der Waals surface area contributed by atoms with E-state index >= 15 is 0 Å². The maximum absolute atomic E-state index is 12.3. The van der Waals surface area contributed by atoms with Crippen molar-refractivity contribution in [3.8, 4) is 5.88 Å². The van der Waals surface area contributed by atoms with Gasteiger partial charge in [-0.2, -0.15) is 0 Å². The van der Waals surface area contributed by atoms with Crippen LogP contribution in [0.4, 0.5) is 11.6 Å². The van der Waals surface area contributed by atoms with E-state index in [0.29, 0.717) is 28.7 Å². The highest BCUT2D eigenvalue weighted by molar-refractivity contribution is 7.89. The molecule has 1 unspecified atom stereocenters. The number of aliphatic hydroxyl groups is 1. The minimum absolute atomic E-state index is 0.0574. The minimum Gasteiger partial charge on any atom is -0.439 e. The second-order valence-corrected chi connectivity index (χ2v) is 9.82. The Labute approximate surface area is 192 Å². The van der Waals surface area contributed by atoms with Crippen LogP contribution in [0.1, 0.15) is 39.0 Å². The van der Waals surface area contributed by atoms with Gasteiger partial charge in [0.25, 0.3) is 11.5 Å². The molecule has 0 amide bonds. The first-order valence-electron chi connectivity index (χ1n) is 11.0. The molecule has 3 aromatic rings. The van der Waals surface area contributed by atoms with Gasteiger partial charge in [-0.3, -0.25) is 0 Å². The number of hydrogen-bond acceptors (Lipinski definition) is 8. The van der Waals surface area contributed by atoms with Crippen molar-refractivity contribution in [1.82, 2.24) is 19.7 Å². The molecule has 5 N–H and O–H groups in total. The van der Waals surface area contributed by atoms with Crippen LogP contribution in [0.25, 0.3) is 11.2 Å². The Hall–Kier alpha value is -2.80. The van der Waals surface area contributed by atoms with Crippen LogP contribution in [0, 0.1) is 0 Å². The predicted molar refractivity (Wildman–Crippen MR) is 120 cm³/mol. The van der Waals surface area contributed by atoms with Crippen LogP contribution in [0.15, 0.2) is 35.5 Å². The quantitative estimate of drug-likeness (QED) is 0.323. The molecule has 0 spiro atoms. The molecule has 1 fully saturated rings. The van der Waals surface area contributed by atoms with E-state index < -0.39 is 16.1 Å². The molecule has 4 rings (SSSR count). The molecular formula is C21H29N6O5S+. The highest BCUT2D eigenvalue weighted by Gasteiger charge is 2.20. The molecule has 33 heavy (non-hydrogen) atoms. The third-order valence-electron chi connectivity index (χ3n) is 5.35. The summed E-state index contributed by atoms with van der Waals surface area (Å²) in [6, 6.07) is 6.17. The lowest BCUT2D eigenvalue weighted by molar-refractivity contribution is -0.383. The molecule has 1 aliphatic carbocycles. The number of benzene rings is 1. The van der Waals surface area contributed by atoms with Crippen LogP contribution in [0.3, 0.4) is 0 Å². The fraction of sp³-hybridized carbons (Fsp3) is 0.476. The number of sulfonamides is 1. The summed E-state index contributed by atoms with van der Waals surface area (Å²) in [7, 11) is -3.70. The molecule has 0 bridgehead atoms. The summed E-state index contributed by atoms with van der Waals surface area (Å²) in [6.07, 6.45) is 6.71. The minimum atomic E-state index is -3.70. The molecule has 0 saturated heterocycles. The van der Waals surface area contributed by atoms with E-state index in [-0.39, 0.29) is 24.3 Å². The summed E-state index contributed by atoms with van der Waals surface area (Å²) in [5.41, 5.74) is 1.70. The summed E-state index contributed by atoms with van der Waals surface area (Å²) >= 11 is 0. The summed E-state index contributed by atoms with van der Waals surface area (Å²) < 4.78 is 38.6. The fourth-order valence-corrected chi connectivity index (χ4v) is 4.72. The van der Waals surface area contributed by atoms with Gasteiger partial charge in [0.1, 0.15) is 0 Å². The van der Waals surface area contributed by atoms with Crippen molar-refractivity contribution in [3.63, 3.8) is 0 Å². The number of nitrogens with zero attached hydrogens (tertiary/aromatic N) is 2. The number of fused-ring (bicyclic) bond motifs is 1. The molecule has 11 nitrogen and oxygen atoms in total. The number of aromatic amines is 2. The van der Waals surface area contributed by atoms with Gasteiger partial charge in [-0.1, -0.05) is 19.3 Å². The van der Waals surface area contributed by atoms with E-state index in [1.807, 2.05) is 0 Å². The maximum Gasteiger partial charge on any atom is 0.399 e. The van der Waals surface area contributed by atoms with E-state index in [9.17, 15) is 13.5 Å². The van der Waals surface area contributed by atoms with Gasteiger partial charge in [-0.05, 0) is 49.0 Å². The molecule has 1 aromatic carbocycles. The molecule has 0 radical (unpaired) electrons. The predicted octanol–water partition coefficient (Wildman–Crippen LogP) is 1.86. The zero-order valence-corrected chi connectivity index (χ0v) is 19.2. The van der Waals surface area contributed by atoms with E-state index in [2.05, 4.69) is 30.0 Å². The Kier molecular flexibility index (Phi) is 7.38. The van der Waals surface area contributed by atoms with Crippen LogP contribution in [-0.4, -0.2) is 54.0 Å². The van der Waals surface area contributed by atoms with E-state index in [4.69, 9.17) is 9.47 Å². The number of aliphatic hydroxyl groups excluding tert-OH is 1. The second kappa shape index (κ2) is 10.4. The van der Waals surface area contributed by atoms with Gasteiger partial charge < -0.3 is 19.6 Å². The van der Waals surface area contributed by atoms with Crippen molar-refractivity contribution in [3.05, 3.63) is 30.6 Å². The first-order valence-corrected chi connectivity index (χ1v) is 12.4. The standard InChI is InChI=1S/C21H28N6O5S/c1-14(28)11-24-33(29,30)17-9-7-15(8-10-17)25-21-26-19-18(22-12-23-19)20(27-21)32-13-31-16-5-3-2-4-6-16/h7-10,12,14,16,24,28H,2-6,11,13H2,1H3,(H2,22,23,25,26,27)/p+1. The van der Waals surface area contributed by atoms with Crippen LogP contribution in [-0.2, 0) is 14.8 Å². The van der Waals surface area contributed by atoms with Gasteiger partial charge in [0, 0.05) is 6.54 Å². The lowest BCUT2D eigenvalue weighted by Crippen LogP contribution is -2.30. The molecule has 1 atom stereocenters. The summed E-state index contributed by atoms with van der Waals surface area (Å²) in [4.78, 5) is 14.8. The average Bonchev–Trinajstić information content (AvgIpc) is 3.28. The summed E-state index contributed by atoms with van der Waals surface area (Å²) in [6.45, 7) is 1.57. The highest BCUT2D eigenvalue weighted by atomic mass is 32.2. The Balaban J connectivity index is 1.44. The van der Waals surface area contributed by atoms with Crippen LogP contribution in [0.2, 0.25) is 0 Å². The Bertz CT molecular complexity index is 1160. The Morgan fingerprint density at radius 3 is 2.73 bits per heavy atom. The van der Waals surface area contributed by atoms with Crippen molar-refractivity contribution < 1.29 is 28.0 Å². The van der Waals surface area contributed by atoms with Crippen molar-refractivity contribution in [1.29, 1.82) is 0 Å². The van der Waals surface area contributed by atoms with E-state index in [1.54, 1.807) is 12.1 Å². The second-order valence-electron chi connectivity index (χ2n) is 8.05. The SMILES string of the molecule is CC(O)CNS(=O)(=O)c1ccc(Nc2nc3nc[nH]c3c(OCOC3CCCCC3)[nH+]2)cc1.